The van der Waals surface area contributed by atoms with E-state index >= 15 is 0 Å². The summed E-state index contributed by atoms with van der Waals surface area (Å²) in [4.78, 5) is 2.36. The Morgan fingerprint density at radius 2 is 1.84 bits per heavy atom. The fourth-order valence-corrected chi connectivity index (χ4v) is 4.57. The van der Waals surface area contributed by atoms with Gasteiger partial charge < -0.3 is 0 Å². The average Bonchev–Trinajstić information content (AvgIpc) is 2.63. The van der Waals surface area contributed by atoms with Crippen molar-refractivity contribution in [2.75, 3.05) is 26.7 Å². The van der Waals surface area contributed by atoms with Gasteiger partial charge in [0.05, 0.1) is 16.5 Å². The molecule has 2 aromatic carbocycles. The monoisotopic (exact) mass is 355 g/mol. The molecule has 0 aliphatic carbocycles. The lowest BCUT2D eigenvalue weighted by atomic mass is 10.0. The first kappa shape index (κ1) is 17.6. The van der Waals surface area contributed by atoms with Gasteiger partial charge in [0.25, 0.3) is 0 Å². The van der Waals surface area contributed by atoms with E-state index in [-0.39, 0.29) is 10.9 Å². The van der Waals surface area contributed by atoms with Crippen LogP contribution >= 0.6 is 0 Å². The number of hydrogen-bond acceptors (Lipinski definition) is 4. The third-order valence-corrected chi connectivity index (χ3v) is 6.53. The second-order valence-electron chi connectivity index (χ2n) is 6.41. The minimum absolute atomic E-state index is 0.0169. The molecule has 0 aromatic heterocycles. The van der Waals surface area contributed by atoms with E-state index in [0.29, 0.717) is 25.2 Å². The van der Waals surface area contributed by atoms with Gasteiger partial charge in [-0.05, 0) is 37.7 Å². The van der Waals surface area contributed by atoms with E-state index < -0.39 is 10.0 Å². The van der Waals surface area contributed by atoms with Crippen LogP contribution in [0.25, 0.3) is 0 Å². The van der Waals surface area contributed by atoms with Crippen molar-refractivity contribution in [1.29, 1.82) is 5.26 Å². The van der Waals surface area contributed by atoms with Crippen LogP contribution in [0.3, 0.4) is 0 Å². The van der Waals surface area contributed by atoms with Crippen molar-refractivity contribution in [3.63, 3.8) is 0 Å². The number of rotatable bonds is 3. The first-order valence-electron chi connectivity index (χ1n) is 8.19. The van der Waals surface area contributed by atoms with Crippen LogP contribution in [0.5, 0.6) is 0 Å². The summed E-state index contributed by atoms with van der Waals surface area (Å²) in [6, 6.07) is 16.4. The van der Waals surface area contributed by atoms with Crippen molar-refractivity contribution in [2.24, 2.45) is 0 Å². The van der Waals surface area contributed by atoms with Crippen LogP contribution in [0.1, 0.15) is 22.7 Å². The van der Waals surface area contributed by atoms with E-state index in [4.69, 9.17) is 5.26 Å². The summed E-state index contributed by atoms with van der Waals surface area (Å²) in [5, 5.41) is 9.02. The van der Waals surface area contributed by atoms with E-state index in [1.165, 1.54) is 15.9 Å². The molecule has 1 fully saturated rings. The highest BCUT2D eigenvalue weighted by Crippen LogP contribution is 2.28. The van der Waals surface area contributed by atoms with Crippen LogP contribution in [0.2, 0.25) is 0 Å². The normalized spacial score (nSPS) is 19.5. The van der Waals surface area contributed by atoms with Crippen molar-refractivity contribution in [3.05, 3.63) is 65.2 Å². The van der Waals surface area contributed by atoms with Gasteiger partial charge in [-0.1, -0.05) is 35.9 Å². The lowest BCUT2D eigenvalue weighted by Gasteiger charge is -2.39. The smallest absolute Gasteiger partial charge is 0.243 e. The zero-order valence-corrected chi connectivity index (χ0v) is 15.2. The Balaban J connectivity index is 1.89. The SMILES string of the molecule is Cc1ccc(C2CN(S(=O)(=O)c3cccc(C#N)c3)CCN2C)cc1. The van der Waals surface area contributed by atoms with Crippen LogP contribution in [-0.2, 0) is 10.0 Å². The third-order valence-electron chi connectivity index (χ3n) is 4.67. The Bertz CT molecular complexity index is 901. The number of hydrogen-bond donors (Lipinski definition) is 0. The fourth-order valence-electron chi connectivity index (χ4n) is 3.09. The summed E-state index contributed by atoms with van der Waals surface area (Å²) >= 11 is 0. The summed E-state index contributed by atoms with van der Waals surface area (Å²) < 4.78 is 27.5. The molecule has 1 atom stereocenters. The second-order valence-corrected chi connectivity index (χ2v) is 8.35. The molecule has 0 saturated carbocycles. The zero-order chi connectivity index (χ0) is 18.0. The molecule has 1 saturated heterocycles. The van der Waals surface area contributed by atoms with Gasteiger partial charge in [0.1, 0.15) is 0 Å². The molecule has 1 heterocycles. The second kappa shape index (κ2) is 6.96. The summed E-state index contributed by atoms with van der Waals surface area (Å²) in [6.07, 6.45) is 0. The summed E-state index contributed by atoms with van der Waals surface area (Å²) in [5.41, 5.74) is 2.64. The van der Waals surface area contributed by atoms with Gasteiger partial charge in [0, 0.05) is 25.7 Å². The highest BCUT2D eigenvalue weighted by molar-refractivity contribution is 7.89. The molecule has 0 spiro atoms. The van der Waals surface area contributed by atoms with Crippen LogP contribution in [-0.4, -0.2) is 44.3 Å². The Labute approximate surface area is 149 Å². The van der Waals surface area contributed by atoms with E-state index in [1.54, 1.807) is 18.2 Å². The molecule has 0 bridgehead atoms. The number of aryl methyl sites for hydroxylation is 1. The fraction of sp³-hybridized carbons (Fsp3) is 0.316. The lowest BCUT2D eigenvalue weighted by Crippen LogP contribution is -2.48. The molecule has 6 heteroatoms. The molecule has 0 radical (unpaired) electrons. The van der Waals surface area contributed by atoms with Crippen molar-refractivity contribution in [1.82, 2.24) is 9.21 Å². The van der Waals surface area contributed by atoms with E-state index in [1.807, 2.05) is 32.2 Å². The summed E-state index contributed by atoms with van der Waals surface area (Å²) in [6.45, 7) is 3.54. The maximum atomic E-state index is 13.0. The number of piperazine rings is 1. The Kier molecular flexibility index (Phi) is 4.91. The van der Waals surface area contributed by atoms with E-state index in [2.05, 4.69) is 17.0 Å². The topological polar surface area (TPSA) is 64.4 Å². The number of likely N-dealkylation sites (N-methyl/N-ethyl adjacent to an activating group) is 1. The maximum absolute atomic E-state index is 13.0. The van der Waals surface area contributed by atoms with Crippen molar-refractivity contribution < 1.29 is 8.42 Å². The Hall–Kier alpha value is -2.20. The van der Waals surface area contributed by atoms with Gasteiger partial charge in [-0.2, -0.15) is 9.57 Å². The van der Waals surface area contributed by atoms with Crippen molar-refractivity contribution in [3.8, 4) is 6.07 Å². The predicted molar refractivity (Wildman–Crippen MR) is 96.5 cm³/mol. The van der Waals surface area contributed by atoms with Gasteiger partial charge in [0.15, 0.2) is 0 Å². The summed E-state index contributed by atoms with van der Waals surface area (Å²) in [7, 11) is -1.59. The molecule has 0 amide bonds. The van der Waals surface area contributed by atoms with E-state index in [0.717, 1.165) is 5.56 Å². The Morgan fingerprint density at radius 1 is 1.12 bits per heavy atom. The third kappa shape index (κ3) is 3.59. The first-order chi connectivity index (χ1) is 11.9. The lowest BCUT2D eigenvalue weighted by molar-refractivity contribution is 0.148. The molecule has 1 aliphatic rings. The molecule has 2 aromatic rings. The molecule has 1 aliphatic heterocycles. The summed E-state index contributed by atoms with van der Waals surface area (Å²) in [5.74, 6) is 0. The van der Waals surface area contributed by atoms with Crippen LogP contribution in [0.4, 0.5) is 0 Å². The highest BCUT2D eigenvalue weighted by Gasteiger charge is 2.33. The van der Waals surface area contributed by atoms with Gasteiger partial charge in [0.2, 0.25) is 10.0 Å². The van der Waals surface area contributed by atoms with Gasteiger partial charge >= 0.3 is 0 Å². The average molecular weight is 355 g/mol. The highest BCUT2D eigenvalue weighted by atomic mass is 32.2. The molecule has 0 N–H and O–H groups in total. The minimum atomic E-state index is -3.61. The molecular weight excluding hydrogens is 334 g/mol. The van der Waals surface area contributed by atoms with Gasteiger partial charge in [-0.15, -0.1) is 0 Å². The van der Waals surface area contributed by atoms with Crippen molar-refractivity contribution >= 4 is 10.0 Å². The number of benzene rings is 2. The van der Waals surface area contributed by atoms with Crippen molar-refractivity contribution in [2.45, 2.75) is 17.9 Å². The predicted octanol–water partition coefficient (Wildman–Crippen LogP) is 2.54. The molecule has 3 rings (SSSR count). The van der Waals surface area contributed by atoms with Crippen LogP contribution in [0.15, 0.2) is 53.4 Å². The quantitative estimate of drug-likeness (QED) is 0.849. The largest absolute Gasteiger partial charge is 0.297 e. The number of nitriles is 1. The first-order valence-corrected chi connectivity index (χ1v) is 9.63. The standard InChI is InChI=1S/C19H21N3O2S/c1-15-6-8-17(9-7-15)19-14-22(11-10-21(19)2)25(23,24)18-5-3-4-16(12-18)13-20/h3-9,12,19H,10-11,14H2,1-2H3. The zero-order valence-electron chi connectivity index (χ0n) is 14.4. The minimum Gasteiger partial charge on any atom is -0.297 e. The van der Waals surface area contributed by atoms with Gasteiger partial charge in [-0.25, -0.2) is 8.42 Å². The molecular formula is C19H21N3O2S. The molecule has 25 heavy (non-hydrogen) atoms. The molecule has 130 valence electrons. The number of sulfonamides is 1. The Morgan fingerprint density at radius 3 is 2.52 bits per heavy atom. The number of nitrogens with zero attached hydrogens (tertiary/aromatic N) is 3. The van der Waals surface area contributed by atoms with Crippen LogP contribution in [0, 0.1) is 18.3 Å². The van der Waals surface area contributed by atoms with E-state index in [9.17, 15) is 8.42 Å². The molecule has 5 nitrogen and oxygen atoms in total. The molecule has 1 unspecified atom stereocenters. The maximum Gasteiger partial charge on any atom is 0.243 e. The van der Waals surface area contributed by atoms with Crippen LogP contribution < -0.4 is 0 Å². The van der Waals surface area contributed by atoms with Gasteiger partial charge in [-0.3, -0.25) is 4.90 Å².